The molecule has 11 heteroatoms. The fourth-order valence-corrected chi connectivity index (χ4v) is 4.11. The third-order valence-corrected chi connectivity index (χ3v) is 5.84. The molecule has 10 nitrogen and oxygen atoms in total. The molecule has 0 spiro atoms. The Kier molecular flexibility index (Phi) is 5.54. The van der Waals surface area contributed by atoms with Crippen LogP contribution in [-0.2, 0) is 14.8 Å². The molecule has 0 bridgehead atoms. The van der Waals surface area contributed by atoms with Crippen LogP contribution in [0.4, 0.5) is 11.4 Å². The molecule has 1 fully saturated rings. The molecule has 0 unspecified atom stereocenters. The zero-order valence-electron chi connectivity index (χ0n) is 14.5. The number of morpholine rings is 1. The Morgan fingerprint density at radius 2 is 2.00 bits per heavy atom. The van der Waals surface area contributed by atoms with Gasteiger partial charge in [-0.05, 0) is 25.1 Å². The van der Waals surface area contributed by atoms with E-state index >= 15 is 0 Å². The van der Waals surface area contributed by atoms with Crippen LogP contribution in [0.2, 0.25) is 0 Å². The van der Waals surface area contributed by atoms with Gasteiger partial charge in [0, 0.05) is 25.2 Å². The summed E-state index contributed by atoms with van der Waals surface area (Å²) in [7, 11) is -3.95. The first kappa shape index (κ1) is 19.0. The number of aryl methyl sites for hydroxylation is 1. The van der Waals surface area contributed by atoms with Crippen molar-refractivity contribution in [2.75, 3.05) is 31.7 Å². The van der Waals surface area contributed by atoms with Crippen LogP contribution in [0.1, 0.15) is 11.5 Å². The molecule has 144 valence electrons. The van der Waals surface area contributed by atoms with Crippen LogP contribution in [0.5, 0.6) is 0 Å². The molecule has 1 aromatic heterocycles. The van der Waals surface area contributed by atoms with Crippen molar-refractivity contribution in [1.29, 1.82) is 0 Å². The van der Waals surface area contributed by atoms with E-state index in [1.807, 2.05) is 0 Å². The van der Waals surface area contributed by atoms with Crippen molar-refractivity contribution in [3.63, 3.8) is 0 Å². The number of furan rings is 1. The maximum atomic E-state index is 13.0. The predicted octanol–water partition coefficient (Wildman–Crippen LogP) is 1.96. The summed E-state index contributed by atoms with van der Waals surface area (Å²) in [5.41, 5.74) is 2.44. The smallest absolute Gasteiger partial charge is 0.270 e. The van der Waals surface area contributed by atoms with E-state index in [1.165, 1.54) is 22.7 Å². The van der Waals surface area contributed by atoms with E-state index < -0.39 is 14.9 Å². The van der Waals surface area contributed by atoms with E-state index in [2.05, 4.69) is 10.5 Å². The van der Waals surface area contributed by atoms with Gasteiger partial charge >= 0.3 is 0 Å². The minimum absolute atomic E-state index is 0.131. The molecule has 1 N–H and O–H groups in total. The molecule has 0 radical (unpaired) electrons. The number of rotatable bonds is 6. The molecule has 27 heavy (non-hydrogen) atoms. The fraction of sp³-hybridized carbons (Fsp3) is 0.312. The number of nitrogens with one attached hydrogen (secondary N) is 1. The third-order valence-electron chi connectivity index (χ3n) is 3.90. The first-order valence-electron chi connectivity index (χ1n) is 8.10. The number of hydrogen-bond donors (Lipinski definition) is 1. The number of hydrazone groups is 1. The Morgan fingerprint density at radius 1 is 1.26 bits per heavy atom. The lowest BCUT2D eigenvalue weighted by molar-refractivity contribution is -0.385. The molecule has 0 amide bonds. The standard InChI is InChI=1S/C16H18N4O6S/c1-12-2-4-14(26-12)11-17-18-15-5-3-13(20(21)22)10-16(15)27(23,24)19-6-8-25-9-7-19/h2-5,10-11,18H,6-9H2,1H3/b17-11+. The second kappa shape index (κ2) is 7.86. The number of nitro benzene ring substituents is 1. The summed E-state index contributed by atoms with van der Waals surface area (Å²) >= 11 is 0. The number of ether oxygens (including phenoxy) is 1. The van der Waals surface area contributed by atoms with Gasteiger partial charge in [-0.25, -0.2) is 8.42 Å². The summed E-state index contributed by atoms with van der Waals surface area (Å²) in [5, 5.41) is 15.1. The van der Waals surface area contributed by atoms with E-state index in [-0.39, 0.29) is 42.6 Å². The topological polar surface area (TPSA) is 127 Å². The number of sulfonamides is 1. The lowest BCUT2D eigenvalue weighted by Crippen LogP contribution is -2.40. The number of nitrogens with zero attached hydrogens (tertiary/aromatic N) is 3. The first-order valence-corrected chi connectivity index (χ1v) is 9.54. The molecule has 1 aliphatic heterocycles. The Morgan fingerprint density at radius 3 is 2.63 bits per heavy atom. The van der Waals surface area contributed by atoms with Gasteiger partial charge < -0.3 is 9.15 Å². The van der Waals surface area contributed by atoms with Crippen LogP contribution in [0, 0.1) is 17.0 Å². The molecule has 1 aliphatic rings. The minimum atomic E-state index is -3.95. The highest BCUT2D eigenvalue weighted by Crippen LogP contribution is 2.29. The lowest BCUT2D eigenvalue weighted by atomic mass is 10.3. The van der Waals surface area contributed by atoms with E-state index in [0.717, 1.165) is 6.07 Å². The number of anilines is 1. The van der Waals surface area contributed by atoms with Gasteiger partial charge in [0.2, 0.25) is 10.0 Å². The van der Waals surface area contributed by atoms with E-state index in [4.69, 9.17) is 9.15 Å². The molecule has 1 saturated heterocycles. The van der Waals surface area contributed by atoms with Crippen LogP contribution in [0.15, 0.2) is 44.7 Å². The van der Waals surface area contributed by atoms with Crippen LogP contribution in [0.25, 0.3) is 0 Å². The SMILES string of the molecule is Cc1ccc(/C=N/Nc2ccc([N+](=O)[O-])cc2S(=O)(=O)N2CCOCC2)o1. The number of non-ortho nitro benzene ring substituents is 1. The van der Waals surface area contributed by atoms with Crippen molar-refractivity contribution in [3.05, 3.63) is 52.0 Å². The van der Waals surface area contributed by atoms with Crippen molar-refractivity contribution in [3.8, 4) is 0 Å². The summed E-state index contributed by atoms with van der Waals surface area (Å²) in [6.07, 6.45) is 1.39. The van der Waals surface area contributed by atoms with Crippen LogP contribution < -0.4 is 5.43 Å². The highest BCUT2D eigenvalue weighted by atomic mass is 32.2. The zero-order chi connectivity index (χ0) is 19.4. The average molecular weight is 394 g/mol. The molecule has 0 saturated carbocycles. The molecule has 1 aromatic carbocycles. The third kappa shape index (κ3) is 4.32. The molecular formula is C16H18N4O6S. The van der Waals surface area contributed by atoms with Gasteiger partial charge in [-0.2, -0.15) is 9.41 Å². The quantitative estimate of drug-likeness (QED) is 0.451. The minimum Gasteiger partial charge on any atom is -0.460 e. The maximum Gasteiger partial charge on any atom is 0.270 e. The van der Waals surface area contributed by atoms with Gasteiger partial charge in [-0.3, -0.25) is 15.5 Å². The number of benzene rings is 1. The molecule has 2 heterocycles. The molecular weight excluding hydrogens is 376 g/mol. The molecule has 0 atom stereocenters. The van der Waals surface area contributed by atoms with Gasteiger partial charge in [0.25, 0.3) is 5.69 Å². The van der Waals surface area contributed by atoms with Gasteiger partial charge in [0.1, 0.15) is 16.4 Å². The summed E-state index contributed by atoms with van der Waals surface area (Å²) in [6.45, 7) is 2.69. The van der Waals surface area contributed by atoms with Crippen molar-refractivity contribution < 1.29 is 22.5 Å². The first-order chi connectivity index (χ1) is 12.9. The Balaban J connectivity index is 1.93. The van der Waals surface area contributed by atoms with Gasteiger partial charge in [0.15, 0.2) is 0 Å². The second-order valence-corrected chi connectivity index (χ2v) is 7.68. The molecule has 0 aliphatic carbocycles. The fourth-order valence-electron chi connectivity index (χ4n) is 2.54. The highest BCUT2D eigenvalue weighted by molar-refractivity contribution is 7.89. The van der Waals surface area contributed by atoms with E-state index in [1.54, 1.807) is 19.1 Å². The average Bonchev–Trinajstić information content (AvgIpc) is 3.07. The van der Waals surface area contributed by atoms with Crippen molar-refractivity contribution in [2.45, 2.75) is 11.8 Å². The van der Waals surface area contributed by atoms with E-state index in [9.17, 15) is 18.5 Å². The summed E-state index contributed by atoms with van der Waals surface area (Å²) in [5.74, 6) is 1.20. The van der Waals surface area contributed by atoms with Gasteiger partial charge in [-0.15, -0.1) is 0 Å². The van der Waals surface area contributed by atoms with Crippen LogP contribution >= 0.6 is 0 Å². The van der Waals surface area contributed by atoms with Crippen LogP contribution in [-0.4, -0.2) is 50.2 Å². The van der Waals surface area contributed by atoms with Crippen molar-refractivity contribution in [2.24, 2.45) is 5.10 Å². The summed E-state index contributed by atoms with van der Waals surface area (Å²) < 4.78 is 37.7. The van der Waals surface area contributed by atoms with Crippen molar-refractivity contribution in [1.82, 2.24) is 4.31 Å². The lowest BCUT2D eigenvalue weighted by Gasteiger charge is -2.26. The molecule has 3 rings (SSSR count). The maximum absolute atomic E-state index is 13.0. The zero-order valence-corrected chi connectivity index (χ0v) is 15.3. The largest absolute Gasteiger partial charge is 0.460 e. The monoisotopic (exact) mass is 394 g/mol. The second-order valence-electron chi connectivity index (χ2n) is 5.77. The molecule has 2 aromatic rings. The van der Waals surface area contributed by atoms with Crippen molar-refractivity contribution >= 4 is 27.6 Å². The Labute approximate surface area is 155 Å². The van der Waals surface area contributed by atoms with Gasteiger partial charge in [-0.1, -0.05) is 0 Å². The summed E-state index contributed by atoms with van der Waals surface area (Å²) in [4.78, 5) is 10.2. The highest BCUT2D eigenvalue weighted by Gasteiger charge is 2.30. The van der Waals surface area contributed by atoms with E-state index in [0.29, 0.717) is 11.5 Å². The number of hydrogen-bond acceptors (Lipinski definition) is 8. The summed E-state index contributed by atoms with van der Waals surface area (Å²) in [6, 6.07) is 7.03. The number of nitro groups is 1. The normalized spacial score (nSPS) is 15.9. The predicted molar refractivity (Wildman–Crippen MR) is 97.3 cm³/mol. The van der Waals surface area contributed by atoms with Gasteiger partial charge in [0.05, 0.1) is 30.0 Å². The Hall–Kier alpha value is -2.76. The van der Waals surface area contributed by atoms with Crippen LogP contribution in [0.3, 0.4) is 0 Å². The Bertz CT molecular complexity index is 963.